The van der Waals surface area contributed by atoms with Crippen LogP contribution in [0.3, 0.4) is 0 Å². The minimum Gasteiger partial charge on any atom is -0.494 e. The number of hydrogen-bond donors (Lipinski definition) is 0. The van der Waals surface area contributed by atoms with Crippen molar-refractivity contribution in [2.45, 2.75) is 32.5 Å². The fourth-order valence-electron chi connectivity index (χ4n) is 3.87. The number of aryl methyl sites for hydroxylation is 2. The predicted molar refractivity (Wildman–Crippen MR) is 126 cm³/mol. The number of rotatable bonds is 8. The van der Waals surface area contributed by atoms with Crippen molar-refractivity contribution < 1.29 is 31.4 Å². The maximum absolute atomic E-state index is 15.2. The summed E-state index contributed by atoms with van der Waals surface area (Å²) in [5.41, 5.74) is 2.28. The third-order valence-corrected chi connectivity index (χ3v) is 5.60. The Morgan fingerprint density at radius 1 is 0.771 bits per heavy atom. The zero-order valence-electron chi connectivity index (χ0n) is 19.0. The zero-order chi connectivity index (χ0) is 25.0. The summed E-state index contributed by atoms with van der Waals surface area (Å²) in [5.74, 6) is -0.614. The molecule has 0 atom stereocenters. The molecule has 0 bridgehead atoms. The molecule has 4 rings (SSSR count). The standard InChI is InChI=1S/C28H23F5O2/c1-2-15-34-23-12-14-24(26(29)17-23)20-9-13-25-21(16-20)8-7-19(27(25)30)6-3-18-4-10-22(11-5-18)35-28(31,32)33/h4-5,7-14,16-17H,2-3,6,15H2,1H3. The minimum atomic E-state index is -4.74. The van der Waals surface area contributed by atoms with E-state index in [9.17, 15) is 17.6 Å². The number of benzene rings is 4. The average Bonchev–Trinajstić information content (AvgIpc) is 2.82. The van der Waals surface area contributed by atoms with Crippen LogP contribution in [0.25, 0.3) is 21.9 Å². The second-order valence-electron chi connectivity index (χ2n) is 8.16. The molecule has 182 valence electrons. The fourth-order valence-corrected chi connectivity index (χ4v) is 3.87. The van der Waals surface area contributed by atoms with Crippen LogP contribution in [0.4, 0.5) is 22.0 Å². The number of alkyl halides is 3. The van der Waals surface area contributed by atoms with Crippen LogP contribution in [0.1, 0.15) is 24.5 Å². The highest BCUT2D eigenvalue weighted by Gasteiger charge is 2.30. The Labute approximate surface area is 199 Å². The molecule has 4 aromatic carbocycles. The van der Waals surface area contributed by atoms with Crippen molar-refractivity contribution >= 4 is 10.8 Å². The summed E-state index contributed by atoms with van der Waals surface area (Å²) in [6, 6.07) is 18.8. The van der Waals surface area contributed by atoms with Gasteiger partial charge in [0.2, 0.25) is 0 Å². The molecule has 0 saturated heterocycles. The highest BCUT2D eigenvalue weighted by atomic mass is 19.4. The molecule has 0 saturated carbocycles. The van der Waals surface area contributed by atoms with Gasteiger partial charge < -0.3 is 9.47 Å². The van der Waals surface area contributed by atoms with E-state index in [-0.39, 0.29) is 11.6 Å². The molecule has 0 radical (unpaired) electrons. The van der Waals surface area contributed by atoms with Crippen molar-refractivity contribution in [1.29, 1.82) is 0 Å². The first kappa shape index (κ1) is 24.5. The van der Waals surface area contributed by atoms with E-state index < -0.39 is 12.2 Å². The summed E-state index contributed by atoms with van der Waals surface area (Å²) in [7, 11) is 0. The zero-order valence-corrected chi connectivity index (χ0v) is 19.0. The molecular weight excluding hydrogens is 463 g/mol. The van der Waals surface area contributed by atoms with E-state index in [0.29, 0.717) is 52.7 Å². The molecule has 0 amide bonds. The largest absolute Gasteiger partial charge is 0.573 e. The van der Waals surface area contributed by atoms with Crippen molar-refractivity contribution in [3.05, 3.63) is 95.6 Å². The van der Waals surface area contributed by atoms with Gasteiger partial charge in [-0.15, -0.1) is 13.2 Å². The summed E-state index contributed by atoms with van der Waals surface area (Å²) < 4.78 is 76.0. The number of halogens is 5. The van der Waals surface area contributed by atoms with E-state index in [4.69, 9.17) is 4.74 Å². The minimum absolute atomic E-state index is 0.298. The Hall–Kier alpha value is -3.61. The van der Waals surface area contributed by atoms with E-state index in [2.05, 4.69) is 4.74 Å². The topological polar surface area (TPSA) is 18.5 Å². The van der Waals surface area contributed by atoms with Crippen LogP contribution in [-0.4, -0.2) is 13.0 Å². The summed E-state index contributed by atoms with van der Waals surface area (Å²) in [6.07, 6.45) is -3.10. The molecule has 0 N–H and O–H groups in total. The van der Waals surface area contributed by atoms with Gasteiger partial charge in [-0.1, -0.05) is 43.3 Å². The monoisotopic (exact) mass is 486 g/mol. The highest BCUT2D eigenvalue weighted by molar-refractivity contribution is 5.88. The molecule has 0 aliphatic rings. The summed E-state index contributed by atoms with van der Waals surface area (Å²) >= 11 is 0. The summed E-state index contributed by atoms with van der Waals surface area (Å²) in [6.45, 7) is 2.48. The van der Waals surface area contributed by atoms with Crippen LogP contribution in [-0.2, 0) is 12.8 Å². The van der Waals surface area contributed by atoms with Crippen LogP contribution < -0.4 is 9.47 Å². The van der Waals surface area contributed by atoms with Gasteiger partial charge in [-0.3, -0.25) is 0 Å². The first-order valence-corrected chi connectivity index (χ1v) is 11.2. The maximum atomic E-state index is 15.2. The van der Waals surface area contributed by atoms with E-state index in [1.54, 1.807) is 42.5 Å². The molecule has 0 heterocycles. The molecule has 35 heavy (non-hydrogen) atoms. The average molecular weight is 486 g/mol. The molecule has 0 fully saturated rings. The highest BCUT2D eigenvalue weighted by Crippen LogP contribution is 2.31. The van der Waals surface area contributed by atoms with Crippen molar-refractivity contribution in [3.8, 4) is 22.6 Å². The van der Waals surface area contributed by atoms with Gasteiger partial charge in [-0.05, 0) is 71.7 Å². The lowest BCUT2D eigenvalue weighted by Gasteiger charge is -2.11. The molecule has 0 unspecified atom stereocenters. The van der Waals surface area contributed by atoms with Crippen molar-refractivity contribution in [1.82, 2.24) is 0 Å². The Kier molecular flexibility index (Phi) is 7.24. The van der Waals surface area contributed by atoms with Gasteiger partial charge in [0, 0.05) is 17.0 Å². The molecule has 7 heteroatoms. The third-order valence-electron chi connectivity index (χ3n) is 5.60. The molecule has 0 spiro atoms. The SMILES string of the molecule is CCCOc1ccc(-c2ccc3c(F)c(CCc4ccc(OC(F)(F)F)cc4)ccc3c2)c(F)c1. The molecular formula is C28H23F5O2. The van der Waals surface area contributed by atoms with E-state index >= 15 is 4.39 Å². The van der Waals surface area contributed by atoms with Crippen LogP contribution in [0.2, 0.25) is 0 Å². The van der Waals surface area contributed by atoms with Gasteiger partial charge in [0.15, 0.2) is 0 Å². The first-order valence-electron chi connectivity index (χ1n) is 11.2. The van der Waals surface area contributed by atoms with Gasteiger partial charge in [0.1, 0.15) is 23.1 Å². The number of hydrogen-bond acceptors (Lipinski definition) is 2. The molecule has 2 nitrogen and oxygen atoms in total. The molecule has 4 aromatic rings. The van der Waals surface area contributed by atoms with Crippen molar-refractivity contribution in [3.63, 3.8) is 0 Å². The molecule has 0 aliphatic carbocycles. The first-order chi connectivity index (χ1) is 16.7. The quantitative estimate of drug-likeness (QED) is 0.234. The van der Waals surface area contributed by atoms with Crippen molar-refractivity contribution in [2.24, 2.45) is 0 Å². The lowest BCUT2D eigenvalue weighted by Crippen LogP contribution is -2.17. The Morgan fingerprint density at radius 2 is 1.51 bits per heavy atom. The third kappa shape index (κ3) is 6.10. The normalized spacial score (nSPS) is 11.6. The van der Waals surface area contributed by atoms with Crippen LogP contribution in [0, 0.1) is 11.6 Å². The smallest absolute Gasteiger partial charge is 0.494 e. The van der Waals surface area contributed by atoms with Gasteiger partial charge >= 0.3 is 6.36 Å². The second kappa shape index (κ2) is 10.3. The molecule has 0 aromatic heterocycles. The lowest BCUT2D eigenvalue weighted by atomic mass is 9.97. The molecule has 0 aliphatic heterocycles. The fraction of sp³-hybridized carbons (Fsp3) is 0.214. The summed E-state index contributed by atoms with van der Waals surface area (Å²) in [5, 5.41) is 1.06. The maximum Gasteiger partial charge on any atom is 0.573 e. The van der Waals surface area contributed by atoms with Gasteiger partial charge in [-0.25, -0.2) is 8.78 Å². The van der Waals surface area contributed by atoms with Crippen LogP contribution >= 0.6 is 0 Å². The Morgan fingerprint density at radius 3 is 2.20 bits per heavy atom. The lowest BCUT2D eigenvalue weighted by molar-refractivity contribution is -0.274. The second-order valence-corrected chi connectivity index (χ2v) is 8.16. The van der Waals surface area contributed by atoms with Gasteiger partial charge in [-0.2, -0.15) is 0 Å². The number of ether oxygens (including phenoxy) is 2. The van der Waals surface area contributed by atoms with Crippen molar-refractivity contribution in [2.75, 3.05) is 6.61 Å². The Balaban J connectivity index is 1.49. The van der Waals surface area contributed by atoms with E-state index in [1.807, 2.05) is 6.92 Å². The van der Waals surface area contributed by atoms with E-state index in [1.165, 1.54) is 30.3 Å². The van der Waals surface area contributed by atoms with Gasteiger partial charge in [0.05, 0.1) is 6.61 Å². The van der Waals surface area contributed by atoms with Gasteiger partial charge in [0.25, 0.3) is 0 Å². The Bertz CT molecular complexity index is 1310. The van der Waals surface area contributed by atoms with Crippen LogP contribution in [0.5, 0.6) is 11.5 Å². The van der Waals surface area contributed by atoms with Crippen LogP contribution in [0.15, 0.2) is 72.8 Å². The predicted octanol–water partition coefficient (Wildman–Crippen LogP) is 8.26. The number of fused-ring (bicyclic) bond motifs is 1. The summed E-state index contributed by atoms with van der Waals surface area (Å²) in [4.78, 5) is 0. The van der Waals surface area contributed by atoms with E-state index in [0.717, 1.165) is 12.0 Å².